The fourth-order valence-corrected chi connectivity index (χ4v) is 3.11. The molecule has 0 saturated heterocycles. The highest BCUT2D eigenvalue weighted by Crippen LogP contribution is 2.41. The summed E-state index contributed by atoms with van der Waals surface area (Å²) in [6.07, 6.45) is -0.0792. The molecule has 23 heavy (non-hydrogen) atoms. The van der Waals surface area contributed by atoms with Gasteiger partial charge in [0.25, 0.3) is 0 Å². The van der Waals surface area contributed by atoms with E-state index < -0.39 is 5.97 Å². The number of thiazole rings is 1. The van der Waals surface area contributed by atoms with Crippen molar-refractivity contribution in [2.24, 2.45) is 0 Å². The van der Waals surface area contributed by atoms with Crippen LogP contribution in [0.4, 0.5) is 0 Å². The highest BCUT2D eigenvalue weighted by atomic mass is 32.1. The number of aliphatic carboxylic acids is 1. The molecule has 0 saturated carbocycles. The standard InChI is InChI=1S/C17H21NO4S/c1-17(2,3)11-7-13(21-4)10(6-14(11)22-5)12-9-23-15(18-12)8-16(19)20/h6-7,9H,8H2,1-5H3,(H,19,20). The van der Waals surface area contributed by atoms with Crippen LogP contribution >= 0.6 is 11.3 Å². The number of ether oxygens (including phenoxy) is 2. The Labute approximate surface area is 139 Å². The molecule has 0 unspecified atom stereocenters. The van der Waals surface area contributed by atoms with Gasteiger partial charge >= 0.3 is 5.97 Å². The summed E-state index contributed by atoms with van der Waals surface area (Å²) in [4.78, 5) is 15.2. The zero-order valence-electron chi connectivity index (χ0n) is 14.0. The normalized spacial score (nSPS) is 11.3. The van der Waals surface area contributed by atoms with E-state index in [4.69, 9.17) is 14.6 Å². The molecule has 1 aromatic carbocycles. The Bertz CT molecular complexity index is 716. The summed E-state index contributed by atoms with van der Waals surface area (Å²) in [5, 5.41) is 11.3. The molecule has 2 rings (SSSR count). The predicted octanol–water partition coefficient (Wildman–Crippen LogP) is 3.75. The second-order valence-electron chi connectivity index (χ2n) is 6.20. The molecule has 1 aromatic heterocycles. The van der Waals surface area contributed by atoms with Crippen LogP contribution in [0.2, 0.25) is 0 Å². The average Bonchev–Trinajstić information content (AvgIpc) is 2.92. The van der Waals surface area contributed by atoms with E-state index in [1.165, 1.54) is 11.3 Å². The Morgan fingerprint density at radius 3 is 2.39 bits per heavy atom. The molecule has 0 bridgehead atoms. The zero-order valence-corrected chi connectivity index (χ0v) is 14.8. The monoisotopic (exact) mass is 335 g/mol. The highest BCUT2D eigenvalue weighted by molar-refractivity contribution is 7.10. The second kappa shape index (κ2) is 6.58. The first-order valence-corrected chi connectivity index (χ1v) is 8.07. The largest absolute Gasteiger partial charge is 0.496 e. The lowest BCUT2D eigenvalue weighted by Crippen LogP contribution is -2.13. The van der Waals surface area contributed by atoms with Crippen molar-refractivity contribution >= 4 is 17.3 Å². The van der Waals surface area contributed by atoms with Gasteiger partial charge < -0.3 is 14.6 Å². The lowest BCUT2D eigenvalue weighted by Gasteiger charge is -2.23. The molecule has 0 aliphatic carbocycles. The fourth-order valence-electron chi connectivity index (χ4n) is 2.33. The van der Waals surface area contributed by atoms with Crippen molar-refractivity contribution in [1.29, 1.82) is 0 Å². The molecule has 0 aliphatic heterocycles. The summed E-state index contributed by atoms with van der Waals surface area (Å²) in [5.41, 5.74) is 2.45. The molecule has 2 aromatic rings. The van der Waals surface area contributed by atoms with Crippen LogP contribution in [-0.2, 0) is 16.6 Å². The van der Waals surface area contributed by atoms with Crippen molar-refractivity contribution in [3.63, 3.8) is 0 Å². The van der Waals surface area contributed by atoms with Crippen LogP contribution in [0.15, 0.2) is 17.5 Å². The Morgan fingerprint density at radius 2 is 1.87 bits per heavy atom. The Kier molecular flexibility index (Phi) is 4.94. The van der Waals surface area contributed by atoms with Crippen molar-refractivity contribution in [3.8, 4) is 22.8 Å². The molecule has 0 radical (unpaired) electrons. The lowest BCUT2D eigenvalue weighted by atomic mass is 9.85. The molecule has 6 heteroatoms. The molecule has 0 spiro atoms. The topological polar surface area (TPSA) is 68.7 Å². The summed E-state index contributed by atoms with van der Waals surface area (Å²) >= 11 is 1.33. The Hall–Kier alpha value is -2.08. The minimum absolute atomic E-state index is 0.0792. The van der Waals surface area contributed by atoms with E-state index in [1.54, 1.807) is 14.2 Å². The van der Waals surface area contributed by atoms with Crippen LogP contribution in [0.1, 0.15) is 31.3 Å². The molecule has 0 atom stereocenters. The third-order valence-electron chi connectivity index (χ3n) is 3.46. The number of rotatable bonds is 5. The van der Waals surface area contributed by atoms with Crippen LogP contribution in [0.5, 0.6) is 11.5 Å². The number of carboxylic acid groups (broad SMARTS) is 1. The van der Waals surface area contributed by atoms with Gasteiger partial charge in [-0.3, -0.25) is 4.79 Å². The first-order chi connectivity index (χ1) is 10.8. The molecule has 1 heterocycles. The van der Waals surface area contributed by atoms with Gasteiger partial charge in [-0.25, -0.2) is 4.98 Å². The molecule has 0 amide bonds. The molecular formula is C17H21NO4S. The van der Waals surface area contributed by atoms with Crippen molar-refractivity contribution < 1.29 is 19.4 Å². The second-order valence-corrected chi connectivity index (χ2v) is 7.14. The SMILES string of the molecule is COc1cc(C(C)(C)C)c(OC)cc1-c1csc(CC(=O)O)n1. The maximum absolute atomic E-state index is 10.8. The molecule has 0 fully saturated rings. The molecule has 124 valence electrons. The molecular weight excluding hydrogens is 314 g/mol. The number of hydrogen-bond acceptors (Lipinski definition) is 5. The summed E-state index contributed by atoms with van der Waals surface area (Å²) in [6.45, 7) is 6.33. The summed E-state index contributed by atoms with van der Waals surface area (Å²) in [5.74, 6) is 0.572. The van der Waals surface area contributed by atoms with Crippen molar-refractivity contribution in [2.75, 3.05) is 14.2 Å². The van der Waals surface area contributed by atoms with Gasteiger partial charge in [0.05, 0.1) is 26.3 Å². The number of carboxylic acids is 1. The predicted molar refractivity (Wildman–Crippen MR) is 90.7 cm³/mol. The minimum Gasteiger partial charge on any atom is -0.496 e. The van der Waals surface area contributed by atoms with Crippen molar-refractivity contribution in [3.05, 3.63) is 28.1 Å². The lowest BCUT2D eigenvalue weighted by molar-refractivity contribution is -0.136. The quantitative estimate of drug-likeness (QED) is 0.901. The molecule has 1 N–H and O–H groups in total. The number of hydrogen-bond donors (Lipinski definition) is 1. The van der Waals surface area contributed by atoms with Gasteiger partial charge in [-0.15, -0.1) is 11.3 Å². The Balaban J connectivity index is 2.54. The van der Waals surface area contributed by atoms with Crippen LogP contribution in [0, 0.1) is 0 Å². The van der Waals surface area contributed by atoms with E-state index in [9.17, 15) is 4.79 Å². The van der Waals surface area contributed by atoms with Crippen molar-refractivity contribution in [2.45, 2.75) is 32.6 Å². The van der Waals surface area contributed by atoms with Crippen LogP contribution in [0.25, 0.3) is 11.3 Å². The van der Waals surface area contributed by atoms with Gasteiger partial charge in [-0.05, 0) is 17.5 Å². The number of methoxy groups -OCH3 is 2. The fraction of sp³-hybridized carbons (Fsp3) is 0.412. The van der Waals surface area contributed by atoms with E-state index in [0.717, 1.165) is 16.9 Å². The summed E-state index contributed by atoms with van der Waals surface area (Å²) in [6, 6.07) is 3.86. The van der Waals surface area contributed by atoms with Gasteiger partial charge in [0.1, 0.15) is 16.5 Å². The first-order valence-electron chi connectivity index (χ1n) is 7.19. The summed E-state index contributed by atoms with van der Waals surface area (Å²) < 4.78 is 11.0. The van der Waals surface area contributed by atoms with Crippen LogP contribution < -0.4 is 9.47 Å². The maximum Gasteiger partial charge on any atom is 0.310 e. The molecule has 0 aliphatic rings. The Morgan fingerprint density at radius 1 is 1.22 bits per heavy atom. The third-order valence-corrected chi connectivity index (χ3v) is 4.31. The first kappa shape index (κ1) is 17.3. The highest BCUT2D eigenvalue weighted by Gasteiger charge is 2.23. The van der Waals surface area contributed by atoms with Gasteiger partial charge in [-0.1, -0.05) is 20.8 Å². The number of benzene rings is 1. The van der Waals surface area contributed by atoms with Crippen LogP contribution in [-0.4, -0.2) is 30.3 Å². The smallest absolute Gasteiger partial charge is 0.310 e. The van der Waals surface area contributed by atoms with Gasteiger partial charge in [-0.2, -0.15) is 0 Å². The van der Waals surface area contributed by atoms with E-state index in [2.05, 4.69) is 25.8 Å². The number of aromatic nitrogens is 1. The number of nitrogens with zero attached hydrogens (tertiary/aromatic N) is 1. The molecule has 5 nitrogen and oxygen atoms in total. The van der Waals surface area contributed by atoms with Gasteiger partial charge in [0.15, 0.2) is 0 Å². The minimum atomic E-state index is -0.890. The van der Waals surface area contributed by atoms with Gasteiger partial charge in [0.2, 0.25) is 0 Å². The van der Waals surface area contributed by atoms with E-state index in [-0.39, 0.29) is 11.8 Å². The average molecular weight is 335 g/mol. The van der Waals surface area contributed by atoms with Gasteiger partial charge in [0, 0.05) is 16.5 Å². The van der Waals surface area contributed by atoms with E-state index >= 15 is 0 Å². The maximum atomic E-state index is 10.8. The van der Waals surface area contributed by atoms with E-state index in [1.807, 2.05) is 17.5 Å². The third kappa shape index (κ3) is 3.82. The summed E-state index contributed by atoms with van der Waals surface area (Å²) in [7, 11) is 3.25. The van der Waals surface area contributed by atoms with E-state index in [0.29, 0.717) is 16.5 Å². The van der Waals surface area contributed by atoms with Crippen molar-refractivity contribution in [1.82, 2.24) is 4.98 Å². The van der Waals surface area contributed by atoms with Crippen LogP contribution in [0.3, 0.4) is 0 Å². The number of carbonyl (C=O) groups is 1. The zero-order chi connectivity index (χ0) is 17.2.